The molecule has 0 bridgehead atoms. The van der Waals surface area contributed by atoms with Crippen LogP contribution >= 0.6 is 0 Å². The largest absolute Gasteiger partial charge is 0.508 e. The average Bonchev–Trinajstić information content (AvgIpc) is 3.00. The molecule has 2 heterocycles. The molecule has 5 heteroatoms. The Hall–Kier alpha value is -2.30. The summed E-state index contributed by atoms with van der Waals surface area (Å²) in [5.74, 6) is 0.161. The molecular weight excluding hydrogens is 282 g/mol. The lowest BCUT2D eigenvalue weighted by atomic mass is 10.0. The number of aromatic hydroxyl groups is 1. The van der Waals surface area contributed by atoms with Gasteiger partial charge in [0.25, 0.3) is 0 Å². The van der Waals surface area contributed by atoms with Crippen LogP contribution in [0.3, 0.4) is 0 Å². The van der Waals surface area contributed by atoms with Crippen molar-refractivity contribution in [2.24, 2.45) is 0 Å². The molecule has 0 radical (unpaired) electrons. The number of hydrogen-bond donors (Lipinski definition) is 1. The van der Waals surface area contributed by atoms with Crippen LogP contribution in [0.5, 0.6) is 5.75 Å². The molecule has 1 N–H and O–H groups in total. The summed E-state index contributed by atoms with van der Waals surface area (Å²) in [6.45, 7) is 3.50. The lowest BCUT2D eigenvalue weighted by Gasteiger charge is -2.15. The molecule has 1 amide bonds. The van der Waals surface area contributed by atoms with Crippen molar-refractivity contribution >= 4 is 16.9 Å². The van der Waals surface area contributed by atoms with Crippen molar-refractivity contribution in [1.29, 1.82) is 0 Å². The number of aryl methyl sites for hydroxylation is 1. The smallest absolute Gasteiger partial charge is 0.339 e. The number of nitrogens with zero attached hydrogens (tertiary/aromatic N) is 1. The Bertz CT molecular complexity index is 772. The molecule has 1 aromatic carbocycles. The minimum Gasteiger partial charge on any atom is -0.508 e. The summed E-state index contributed by atoms with van der Waals surface area (Å²) >= 11 is 0. The van der Waals surface area contributed by atoms with Gasteiger partial charge in [0, 0.05) is 36.5 Å². The van der Waals surface area contributed by atoms with E-state index in [0.717, 1.165) is 36.9 Å². The van der Waals surface area contributed by atoms with Crippen molar-refractivity contribution in [1.82, 2.24) is 4.90 Å². The van der Waals surface area contributed by atoms with Crippen LogP contribution in [-0.2, 0) is 11.2 Å². The molecule has 116 valence electrons. The normalized spacial score (nSPS) is 14.7. The van der Waals surface area contributed by atoms with E-state index >= 15 is 0 Å². The molecule has 1 aliphatic rings. The van der Waals surface area contributed by atoms with Crippen LogP contribution in [0.1, 0.15) is 30.4 Å². The molecule has 2 aromatic rings. The molecule has 0 saturated carbocycles. The van der Waals surface area contributed by atoms with Gasteiger partial charge in [-0.05, 0) is 43.9 Å². The van der Waals surface area contributed by atoms with Gasteiger partial charge in [-0.2, -0.15) is 0 Å². The van der Waals surface area contributed by atoms with E-state index in [9.17, 15) is 14.7 Å². The fourth-order valence-electron chi connectivity index (χ4n) is 3.03. The van der Waals surface area contributed by atoms with Crippen LogP contribution in [0.2, 0.25) is 0 Å². The monoisotopic (exact) mass is 301 g/mol. The maximum absolute atomic E-state index is 12.1. The van der Waals surface area contributed by atoms with Gasteiger partial charge in [-0.3, -0.25) is 4.79 Å². The van der Waals surface area contributed by atoms with Crippen LogP contribution in [0.15, 0.2) is 27.4 Å². The predicted octanol–water partition coefficient (Wildman–Crippen LogP) is 2.36. The second-order valence-corrected chi connectivity index (χ2v) is 5.76. The van der Waals surface area contributed by atoms with Gasteiger partial charge in [-0.1, -0.05) is 0 Å². The summed E-state index contributed by atoms with van der Waals surface area (Å²) in [5.41, 5.74) is 1.31. The molecule has 0 aliphatic carbocycles. The molecule has 1 aromatic heterocycles. The number of likely N-dealkylation sites (tertiary alicyclic amines) is 1. The van der Waals surface area contributed by atoms with Gasteiger partial charge in [0.1, 0.15) is 11.3 Å². The van der Waals surface area contributed by atoms with Crippen LogP contribution in [0, 0.1) is 6.92 Å². The van der Waals surface area contributed by atoms with Gasteiger partial charge in [0.2, 0.25) is 5.91 Å². The molecule has 22 heavy (non-hydrogen) atoms. The first-order valence-electron chi connectivity index (χ1n) is 7.59. The number of hydrogen-bond acceptors (Lipinski definition) is 4. The second-order valence-electron chi connectivity index (χ2n) is 5.76. The van der Waals surface area contributed by atoms with Gasteiger partial charge < -0.3 is 14.4 Å². The first kappa shape index (κ1) is 14.6. The SMILES string of the molecule is Cc1c(CCC(=O)N2CCCC2)c(=O)oc2cc(O)ccc12. The molecule has 1 fully saturated rings. The Labute approximate surface area is 128 Å². The maximum atomic E-state index is 12.1. The van der Waals surface area contributed by atoms with E-state index in [4.69, 9.17) is 4.42 Å². The highest BCUT2D eigenvalue weighted by Gasteiger charge is 2.19. The molecule has 0 unspecified atom stereocenters. The number of rotatable bonds is 3. The zero-order valence-electron chi connectivity index (χ0n) is 12.6. The Balaban J connectivity index is 1.85. The molecule has 1 aliphatic heterocycles. The first-order chi connectivity index (χ1) is 10.6. The van der Waals surface area contributed by atoms with Crippen molar-refractivity contribution in [2.45, 2.75) is 32.6 Å². The highest BCUT2D eigenvalue weighted by atomic mass is 16.4. The number of phenols is 1. The van der Waals surface area contributed by atoms with Gasteiger partial charge in [-0.25, -0.2) is 4.79 Å². The topological polar surface area (TPSA) is 70.8 Å². The quantitative estimate of drug-likeness (QED) is 0.884. The Kier molecular flexibility index (Phi) is 3.88. The van der Waals surface area contributed by atoms with E-state index in [-0.39, 0.29) is 11.7 Å². The van der Waals surface area contributed by atoms with Gasteiger partial charge in [0.15, 0.2) is 0 Å². The van der Waals surface area contributed by atoms with Crippen molar-refractivity contribution in [3.8, 4) is 5.75 Å². The standard InChI is InChI=1S/C17H19NO4/c1-11-13-5-4-12(19)10-15(13)22-17(21)14(11)6-7-16(20)18-8-2-3-9-18/h4-5,10,19H,2-3,6-9H2,1H3. The van der Waals surface area contributed by atoms with E-state index in [1.54, 1.807) is 12.1 Å². The summed E-state index contributed by atoms with van der Waals surface area (Å²) in [5, 5.41) is 10.3. The maximum Gasteiger partial charge on any atom is 0.339 e. The Morgan fingerprint density at radius 1 is 1.32 bits per heavy atom. The van der Waals surface area contributed by atoms with Crippen molar-refractivity contribution in [3.63, 3.8) is 0 Å². The zero-order chi connectivity index (χ0) is 15.7. The van der Waals surface area contributed by atoms with E-state index in [1.807, 2.05) is 11.8 Å². The summed E-state index contributed by atoms with van der Waals surface area (Å²) < 4.78 is 5.27. The summed E-state index contributed by atoms with van der Waals surface area (Å²) in [6.07, 6.45) is 2.84. The average molecular weight is 301 g/mol. The van der Waals surface area contributed by atoms with Crippen molar-refractivity contribution in [2.75, 3.05) is 13.1 Å². The lowest BCUT2D eigenvalue weighted by molar-refractivity contribution is -0.130. The summed E-state index contributed by atoms with van der Waals surface area (Å²) in [7, 11) is 0. The van der Waals surface area contributed by atoms with E-state index in [2.05, 4.69) is 0 Å². The fraction of sp³-hybridized carbons (Fsp3) is 0.412. The second kappa shape index (κ2) is 5.83. The zero-order valence-corrected chi connectivity index (χ0v) is 12.6. The molecule has 0 spiro atoms. The third-order valence-electron chi connectivity index (χ3n) is 4.32. The van der Waals surface area contributed by atoms with Crippen molar-refractivity contribution in [3.05, 3.63) is 39.7 Å². The Morgan fingerprint density at radius 2 is 2.05 bits per heavy atom. The van der Waals surface area contributed by atoms with Crippen molar-refractivity contribution < 1.29 is 14.3 Å². The fourth-order valence-corrected chi connectivity index (χ4v) is 3.03. The number of phenolic OH excluding ortho intramolecular Hbond substituents is 1. The van der Waals surface area contributed by atoms with E-state index in [1.165, 1.54) is 6.07 Å². The third kappa shape index (κ3) is 2.71. The number of fused-ring (bicyclic) bond motifs is 1. The Morgan fingerprint density at radius 3 is 2.77 bits per heavy atom. The van der Waals surface area contributed by atoms with Gasteiger partial charge >= 0.3 is 5.63 Å². The molecule has 0 atom stereocenters. The van der Waals surface area contributed by atoms with Gasteiger partial charge in [0.05, 0.1) is 0 Å². The summed E-state index contributed by atoms with van der Waals surface area (Å²) in [6, 6.07) is 4.73. The minimum atomic E-state index is -0.426. The van der Waals surface area contributed by atoms with E-state index < -0.39 is 5.63 Å². The molecule has 5 nitrogen and oxygen atoms in total. The highest BCUT2D eigenvalue weighted by Crippen LogP contribution is 2.24. The lowest BCUT2D eigenvalue weighted by Crippen LogP contribution is -2.28. The predicted molar refractivity (Wildman–Crippen MR) is 83.0 cm³/mol. The first-order valence-corrected chi connectivity index (χ1v) is 7.59. The van der Waals surface area contributed by atoms with Gasteiger partial charge in [-0.15, -0.1) is 0 Å². The number of benzene rings is 1. The molecule has 3 rings (SSSR count). The number of amides is 1. The molecule has 1 saturated heterocycles. The van der Waals surface area contributed by atoms with Crippen LogP contribution in [0.4, 0.5) is 0 Å². The highest BCUT2D eigenvalue weighted by molar-refractivity contribution is 5.82. The number of carbonyl (C=O) groups is 1. The minimum absolute atomic E-state index is 0.0620. The van der Waals surface area contributed by atoms with Crippen LogP contribution in [0.25, 0.3) is 11.0 Å². The molecular formula is C17H19NO4. The number of carbonyl (C=O) groups excluding carboxylic acids is 1. The summed E-state index contributed by atoms with van der Waals surface area (Å²) in [4.78, 5) is 26.1. The van der Waals surface area contributed by atoms with Crippen LogP contribution < -0.4 is 5.63 Å². The van der Waals surface area contributed by atoms with Crippen LogP contribution in [-0.4, -0.2) is 29.0 Å². The third-order valence-corrected chi connectivity index (χ3v) is 4.32. The van der Waals surface area contributed by atoms with E-state index in [0.29, 0.717) is 24.0 Å².